The van der Waals surface area contributed by atoms with Crippen LogP contribution in [0.5, 0.6) is 5.75 Å². The summed E-state index contributed by atoms with van der Waals surface area (Å²) in [5, 5.41) is 3.04. The van der Waals surface area contributed by atoms with E-state index in [0.29, 0.717) is 22.7 Å². The van der Waals surface area contributed by atoms with Gasteiger partial charge in [0.2, 0.25) is 0 Å². The van der Waals surface area contributed by atoms with Gasteiger partial charge in [0, 0.05) is 24.0 Å². The molecule has 194 valence electrons. The molecule has 1 unspecified atom stereocenters. The second kappa shape index (κ2) is 11.7. The topological polar surface area (TPSA) is 71.5 Å². The van der Waals surface area contributed by atoms with Gasteiger partial charge in [-0.05, 0) is 80.3 Å². The highest BCUT2D eigenvalue weighted by Crippen LogP contribution is 2.29. The van der Waals surface area contributed by atoms with Crippen LogP contribution in [0.3, 0.4) is 0 Å². The lowest BCUT2D eigenvalue weighted by atomic mass is 9.97. The number of ether oxygens (including phenoxy) is 1. The van der Waals surface area contributed by atoms with Crippen LogP contribution in [-0.4, -0.2) is 28.8 Å². The summed E-state index contributed by atoms with van der Waals surface area (Å²) in [7, 11) is 1.60. The van der Waals surface area contributed by atoms with Crippen molar-refractivity contribution < 1.29 is 14.3 Å². The molecule has 4 aromatic rings. The molecule has 1 N–H and O–H groups in total. The first kappa shape index (κ1) is 26.6. The van der Waals surface area contributed by atoms with Crippen molar-refractivity contribution in [2.24, 2.45) is 0 Å². The first-order chi connectivity index (χ1) is 18.3. The lowest BCUT2D eigenvalue weighted by Crippen LogP contribution is -2.42. The molecule has 3 aromatic carbocycles. The quantitative estimate of drug-likeness (QED) is 0.302. The molecule has 0 aliphatic carbocycles. The largest absolute Gasteiger partial charge is 0.497 e. The fourth-order valence-electron chi connectivity index (χ4n) is 4.80. The van der Waals surface area contributed by atoms with Crippen molar-refractivity contribution in [3.63, 3.8) is 0 Å². The number of aryl methyl sites for hydroxylation is 4. The predicted octanol–water partition coefficient (Wildman–Crippen LogP) is 6.35. The second-order valence-corrected chi connectivity index (χ2v) is 9.52. The van der Waals surface area contributed by atoms with Crippen LogP contribution in [0, 0.1) is 27.7 Å². The van der Waals surface area contributed by atoms with Crippen LogP contribution in [0.25, 0.3) is 0 Å². The van der Waals surface area contributed by atoms with Crippen LogP contribution in [0.2, 0.25) is 0 Å². The van der Waals surface area contributed by atoms with Crippen molar-refractivity contribution in [3.8, 4) is 5.75 Å². The van der Waals surface area contributed by atoms with E-state index in [1.165, 1.54) is 0 Å². The Morgan fingerprint density at radius 2 is 1.55 bits per heavy atom. The predicted molar refractivity (Wildman–Crippen MR) is 150 cm³/mol. The normalized spacial score (nSPS) is 11.5. The first-order valence-corrected chi connectivity index (χ1v) is 12.6. The molecule has 2 amide bonds. The SMILES string of the molecule is COc1ccc(NC(=O)C(c2ccccn2)N(Cc2ccccc2)C(=O)c2c(C)cc(C)cc2C)c(C)c1. The number of carbonyl (C=O) groups excluding carboxylic acids is 2. The summed E-state index contributed by atoms with van der Waals surface area (Å²) in [6, 6.07) is 23.6. The third kappa shape index (κ3) is 5.92. The van der Waals surface area contributed by atoms with Crippen molar-refractivity contribution in [3.05, 3.63) is 124 Å². The molecule has 0 spiro atoms. The third-order valence-corrected chi connectivity index (χ3v) is 6.57. The molecule has 0 saturated heterocycles. The van der Waals surface area contributed by atoms with Gasteiger partial charge in [0.25, 0.3) is 11.8 Å². The van der Waals surface area contributed by atoms with Gasteiger partial charge in [-0.25, -0.2) is 0 Å². The van der Waals surface area contributed by atoms with E-state index in [4.69, 9.17) is 4.74 Å². The average Bonchev–Trinajstić information content (AvgIpc) is 2.90. The number of benzene rings is 3. The first-order valence-electron chi connectivity index (χ1n) is 12.6. The number of aromatic nitrogens is 1. The summed E-state index contributed by atoms with van der Waals surface area (Å²) in [5.74, 6) is 0.137. The molecule has 0 radical (unpaired) electrons. The number of nitrogens with one attached hydrogen (secondary N) is 1. The summed E-state index contributed by atoms with van der Waals surface area (Å²) in [6.07, 6.45) is 1.64. The van der Waals surface area contributed by atoms with Gasteiger partial charge in [0.15, 0.2) is 6.04 Å². The molecular weight excluding hydrogens is 474 g/mol. The van der Waals surface area contributed by atoms with Crippen molar-refractivity contribution >= 4 is 17.5 Å². The van der Waals surface area contributed by atoms with Crippen molar-refractivity contribution in [1.29, 1.82) is 0 Å². The van der Waals surface area contributed by atoms with Crippen molar-refractivity contribution in [1.82, 2.24) is 9.88 Å². The van der Waals surface area contributed by atoms with Crippen LogP contribution < -0.4 is 10.1 Å². The molecule has 6 nitrogen and oxygen atoms in total. The van der Waals surface area contributed by atoms with E-state index in [9.17, 15) is 9.59 Å². The maximum absolute atomic E-state index is 14.3. The van der Waals surface area contributed by atoms with E-state index in [-0.39, 0.29) is 18.4 Å². The Kier molecular flexibility index (Phi) is 8.22. The minimum atomic E-state index is -0.967. The molecule has 4 rings (SSSR count). The van der Waals surface area contributed by atoms with Gasteiger partial charge in [-0.15, -0.1) is 0 Å². The number of nitrogens with zero attached hydrogens (tertiary/aromatic N) is 2. The van der Waals surface area contributed by atoms with E-state index in [1.54, 1.807) is 42.5 Å². The molecule has 1 aromatic heterocycles. The number of methoxy groups -OCH3 is 1. The molecule has 38 heavy (non-hydrogen) atoms. The maximum atomic E-state index is 14.3. The Hall–Kier alpha value is -4.45. The highest BCUT2D eigenvalue weighted by molar-refractivity contribution is 6.03. The molecule has 1 atom stereocenters. The van der Waals surface area contributed by atoms with Crippen LogP contribution in [0.4, 0.5) is 5.69 Å². The van der Waals surface area contributed by atoms with Gasteiger partial charge in [-0.3, -0.25) is 14.6 Å². The summed E-state index contributed by atoms with van der Waals surface area (Å²) in [4.78, 5) is 34.5. The number of rotatable bonds is 8. The lowest BCUT2D eigenvalue weighted by molar-refractivity contribution is -0.121. The van der Waals surface area contributed by atoms with Gasteiger partial charge in [-0.1, -0.05) is 54.1 Å². The van der Waals surface area contributed by atoms with Crippen LogP contribution in [0.1, 0.15) is 49.9 Å². The molecule has 0 saturated carbocycles. The lowest BCUT2D eigenvalue weighted by Gasteiger charge is -2.32. The fourth-order valence-corrected chi connectivity index (χ4v) is 4.80. The smallest absolute Gasteiger partial charge is 0.255 e. The Balaban J connectivity index is 1.82. The molecular formula is C32H33N3O3. The Bertz CT molecular complexity index is 1410. The number of carbonyl (C=O) groups is 2. The van der Waals surface area contributed by atoms with Gasteiger partial charge in [0.05, 0.1) is 12.8 Å². The minimum Gasteiger partial charge on any atom is -0.497 e. The van der Waals surface area contributed by atoms with E-state index in [0.717, 1.165) is 27.8 Å². The highest BCUT2D eigenvalue weighted by Gasteiger charge is 2.34. The number of amides is 2. The fraction of sp³-hybridized carbons (Fsp3) is 0.219. The minimum absolute atomic E-state index is 0.221. The number of anilines is 1. The Labute approximate surface area is 224 Å². The standard InChI is InChI=1S/C32H33N3O3/c1-21-17-23(3)29(24(4)18-21)32(37)35(20-25-11-7-6-8-12-25)30(28-13-9-10-16-33-28)31(36)34-27-15-14-26(38-5)19-22(27)2/h6-19,30H,20H2,1-5H3,(H,34,36). The number of hydrogen-bond acceptors (Lipinski definition) is 4. The molecule has 1 heterocycles. The van der Waals surface area contributed by atoms with E-state index >= 15 is 0 Å². The molecule has 0 aliphatic heterocycles. The van der Waals surface area contributed by atoms with Gasteiger partial charge in [0.1, 0.15) is 5.75 Å². The zero-order chi connectivity index (χ0) is 27.2. The zero-order valence-electron chi connectivity index (χ0n) is 22.5. The monoisotopic (exact) mass is 507 g/mol. The van der Waals surface area contributed by atoms with E-state index in [2.05, 4.69) is 10.3 Å². The van der Waals surface area contributed by atoms with E-state index in [1.807, 2.05) is 82.3 Å². The van der Waals surface area contributed by atoms with E-state index < -0.39 is 6.04 Å². The van der Waals surface area contributed by atoms with Crippen LogP contribution >= 0.6 is 0 Å². The van der Waals surface area contributed by atoms with Gasteiger partial charge >= 0.3 is 0 Å². The summed E-state index contributed by atoms with van der Waals surface area (Å²) in [5.41, 5.74) is 6.32. The summed E-state index contributed by atoms with van der Waals surface area (Å²) < 4.78 is 5.31. The second-order valence-electron chi connectivity index (χ2n) is 9.52. The van der Waals surface area contributed by atoms with Crippen molar-refractivity contribution in [2.45, 2.75) is 40.3 Å². The summed E-state index contributed by atoms with van der Waals surface area (Å²) >= 11 is 0. The molecule has 0 fully saturated rings. The molecule has 0 aliphatic rings. The number of pyridine rings is 1. The van der Waals surface area contributed by atoms with Crippen molar-refractivity contribution in [2.75, 3.05) is 12.4 Å². The van der Waals surface area contributed by atoms with Gasteiger partial charge in [-0.2, -0.15) is 0 Å². The Morgan fingerprint density at radius 1 is 0.868 bits per heavy atom. The molecule has 0 bridgehead atoms. The Morgan fingerprint density at radius 3 is 2.16 bits per heavy atom. The average molecular weight is 508 g/mol. The third-order valence-electron chi connectivity index (χ3n) is 6.57. The van der Waals surface area contributed by atoms with Gasteiger partial charge < -0.3 is 15.0 Å². The molecule has 6 heteroatoms. The summed E-state index contributed by atoms with van der Waals surface area (Å²) in [6.45, 7) is 8.02. The highest BCUT2D eigenvalue weighted by atomic mass is 16.5. The van der Waals surface area contributed by atoms with Crippen LogP contribution in [-0.2, 0) is 11.3 Å². The number of hydrogen-bond donors (Lipinski definition) is 1. The zero-order valence-corrected chi connectivity index (χ0v) is 22.5. The van der Waals surface area contributed by atoms with Crippen LogP contribution in [0.15, 0.2) is 85.1 Å². The maximum Gasteiger partial charge on any atom is 0.255 e.